The fourth-order valence-corrected chi connectivity index (χ4v) is 3.56. The molecule has 0 aliphatic carbocycles. The Kier molecular flexibility index (Phi) is 2.71. The Hall–Kier alpha value is -1.07. The Morgan fingerprint density at radius 3 is 2.24 bits per heavy atom. The number of rotatable bonds is 2. The number of hydrogen-bond donors (Lipinski definition) is 2. The maximum Gasteiger partial charge on any atom is 0.322 e. The van der Waals surface area contributed by atoms with Crippen LogP contribution in [0.1, 0.15) is 0 Å². The molecule has 1 aromatic heterocycles. The minimum absolute atomic E-state index is 0.187. The molecule has 0 spiro atoms. The quantitative estimate of drug-likeness (QED) is 0.785. The number of para-hydroxylation sites is 1. The lowest BCUT2D eigenvalue weighted by atomic mass is 10.3. The van der Waals surface area contributed by atoms with Gasteiger partial charge in [-0.15, -0.1) is 11.3 Å². The second-order valence-corrected chi connectivity index (χ2v) is 7.05. The van der Waals surface area contributed by atoms with Crippen molar-refractivity contribution in [2.75, 3.05) is 0 Å². The van der Waals surface area contributed by atoms with Crippen molar-refractivity contribution >= 4 is 41.8 Å². The summed E-state index contributed by atoms with van der Waals surface area (Å²) >= 11 is 0.610. The maximum absolute atomic E-state index is 11.0. The van der Waals surface area contributed by atoms with Gasteiger partial charge in [0.2, 0.25) is 4.34 Å². The van der Waals surface area contributed by atoms with Crippen molar-refractivity contribution in [2.24, 2.45) is 0 Å². The molecule has 2 aromatic rings. The van der Waals surface area contributed by atoms with Crippen LogP contribution in [0.2, 0.25) is 0 Å². The van der Waals surface area contributed by atoms with E-state index in [2.05, 4.69) is 4.98 Å². The monoisotopic (exact) mass is 295 g/mol. The molecule has 0 saturated heterocycles. The molecule has 92 valence electrons. The molecule has 7 nitrogen and oxygen atoms in total. The van der Waals surface area contributed by atoms with Crippen LogP contribution in [-0.4, -0.2) is 30.9 Å². The highest BCUT2D eigenvalue weighted by molar-refractivity contribution is 7.88. The average molecular weight is 295 g/mol. The molecule has 10 heteroatoms. The van der Waals surface area contributed by atoms with Gasteiger partial charge in [0.05, 0.1) is 4.70 Å². The fraction of sp³-hybridized carbons (Fsp3) is 0. The fourth-order valence-electron chi connectivity index (χ4n) is 1.22. The molecule has 0 atom stereocenters. The van der Waals surface area contributed by atoms with Crippen LogP contribution in [-0.2, 0) is 20.2 Å². The van der Waals surface area contributed by atoms with E-state index < -0.39 is 29.5 Å². The van der Waals surface area contributed by atoms with Gasteiger partial charge in [0.15, 0.2) is 0 Å². The van der Waals surface area contributed by atoms with Crippen LogP contribution in [0.25, 0.3) is 10.2 Å². The molecule has 1 heterocycles. The number of aromatic nitrogens is 1. The molecule has 0 fully saturated rings. The van der Waals surface area contributed by atoms with E-state index in [9.17, 15) is 16.8 Å². The van der Waals surface area contributed by atoms with E-state index >= 15 is 0 Å². The van der Waals surface area contributed by atoms with Crippen LogP contribution in [0.4, 0.5) is 0 Å². The van der Waals surface area contributed by atoms with Crippen molar-refractivity contribution in [1.29, 1.82) is 0 Å². The molecule has 0 unspecified atom stereocenters. The number of hydrogen-bond acceptors (Lipinski definition) is 6. The van der Waals surface area contributed by atoms with E-state index in [1.807, 2.05) is 0 Å². The molecule has 2 rings (SSSR count). The molecule has 0 saturated carbocycles. The van der Waals surface area contributed by atoms with Gasteiger partial charge in [-0.25, -0.2) is 4.98 Å². The summed E-state index contributed by atoms with van der Waals surface area (Å²) in [6.07, 6.45) is 0. The molecule has 2 N–H and O–H groups in total. The minimum atomic E-state index is -4.50. The summed E-state index contributed by atoms with van der Waals surface area (Å²) < 4.78 is 61.1. The third-order valence-corrected chi connectivity index (χ3v) is 4.98. The van der Waals surface area contributed by atoms with Crippen molar-refractivity contribution in [2.45, 2.75) is 9.24 Å². The van der Waals surface area contributed by atoms with Gasteiger partial charge in [0.1, 0.15) is 10.4 Å². The Balaban J connectivity index is 2.88. The van der Waals surface area contributed by atoms with E-state index in [4.69, 9.17) is 9.11 Å². The lowest BCUT2D eigenvalue weighted by Gasteiger charge is -1.96. The van der Waals surface area contributed by atoms with Gasteiger partial charge in [-0.3, -0.25) is 9.11 Å². The summed E-state index contributed by atoms with van der Waals surface area (Å²) in [7, 11) is -8.99. The first-order valence-electron chi connectivity index (χ1n) is 4.04. The van der Waals surface area contributed by atoms with Crippen molar-refractivity contribution < 1.29 is 25.9 Å². The lowest BCUT2D eigenvalue weighted by molar-refractivity contribution is 0.479. The van der Waals surface area contributed by atoms with Gasteiger partial charge in [-0.2, -0.15) is 16.8 Å². The molecule has 0 aliphatic heterocycles. The largest absolute Gasteiger partial charge is 0.322 e. The van der Waals surface area contributed by atoms with E-state index in [1.165, 1.54) is 12.1 Å². The van der Waals surface area contributed by atoms with Crippen molar-refractivity contribution in [3.63, 3.8) is 0 Å². The van der Waals surface area contributed by atoms with Gasteiger partial charge < -0.3 is 0 Å². The summed E-state index contributed by atoms with van der Waals surface area (Å²) in [6, 6.07) is 3.85. The Labute approximate surface area is 100 Å². The van der Waals surface area contributed by atoms with Crippen molar-refractivity contribution in [3.05, 3.63) is 18.2 Å². The SMILES string of the molecule is O=S(=O)(O)c1nc2c(S(=O)(=O)O)cccc2s1. The first-order valence-corrected chi connectivity index (χ1v) is 7.74. The van der Waals surface area contributed by atoms with Crippen molar-refractivity contribution in [1.82, 2.24) is 4.98 Å². The van der Waals surface area contributed by atoms with Gasteiger partial charge in [-0.05, 0) is 12.1 Å². The molecular formula is C7H5NO6S3. The predicted octanol–water partition coefficient (Wildman–Crippen LogP) is 0.790. The van der Waals surface area contributed by atoms with Gasteiger partial charge >= 0.3 is 10.1 Å². The molecule has 0 amide bonds. The smallest absolute Gasteiger partial charge is 0.282 e. The number of thiazole rings is 1. The summed E-state index contributed by atoms with van der Waals surface area (Å²) in [6.45, 7) is 0. The van der Waals surface area contributed by atoms with Crippen molar-refractivity contribution in [3.8, 4) is 0 Å². The van der Waals surface area contributed by atoms with Crippen LogP contribution in [0.5, 0.6) is 0 Å². The first-order chi connectivity index (χ1) is 7.69. The molecule has 17 heavy (non-hydrogen) atoms. The number of nitrogens with zero attached hydrogens (tertiary/aromatic N) is 1. The van der Waals surface area contributed by atoms with E-state index in [0.29, 0.717) is 11.3 Å². The van der Waals surface area contributed by atoms with Crippen LogP contribution in [0.15, 0.2) is 27.4 Å². The molecule has 0 radical (unpaired) electrons. The number of fused-ring (bicyclic) bond motifs is 1. The minimum Gasteiger partial charge on any atom is -0.282 e. The Morgan fingerprint density at radius 2 is 1.71 bits per heavy atom. The third kappa shape index (κ3) is 2.30. The normalized spacial score (nSPS) is 13.1. The van der Waals surface area contributed by atoms with E-state index in [0.717, 1.165) is 6.07 Å². The van der Waals surface area contributed by atoms with Crippen LogP contribution >= 0.6 is 11.3 Å². The summed E-state index contributed by atoms with van der Waals surface area (Å²) in [5.41, 5.74) is -0.187. The Bertz CT molecular complexity index is 788. The first kappa shape index (κ1) is 12.4. The van der Waals surface area contributed by atoms with E-state index in [-0.39, 0.29) is 10.2 Å². The highest BCUT2D eigenvalue weighted by Gasteiger charge is 2.21. The average Bonchev–Trinajstić information content (AvgIpc) is 2.57. The topological polar surface area (TPSA) is 122 Å². The van der Waals surface area contributed by atoms with Gasteiger partial charge in [-0.1, -0.05) is 6.07 Å². The molecule has 1 aromatic carbocycles. The highest BCUT2D eigenvalue weighted by atomic mass is 32.3. The maximum atomic E-state index is 11.0. The Morgan fingerprint density at radius 1 is 1.06 bits per heavy atom. The second-order valence-electron chi connectivity index (χ2n) is 3.03. The molecule has 0 aliphatic rings. The molecular weight excluding hydrogens is 290 g/mol. The predicted molar refractivity (Wildman–Crippen MR) is 59.2 cm³/mol. The molecule has 0 bridgehead atoms. The summed E-state index contributed by atoms with van der Waals surface area (Å²) in [4.78, 5) is 2.99. The number of benzene rings is 1. The van der Waals surface area contributed by atoms with Crippen LogP contribution < -0.4 is 0 Å². The zero-order valence-corrected chi connectivity index (χ0v) is 10.4. The van der Waals surface area contributed by atoms with Gasteiger partial charge in [0.25, 0.3) is 10.1 Å². The summed E-state index contributed by atoms with van der Waals surface area (Å²) in [5.74, 6) is 0. The van der Waals surface area contributed by atoms with Gasteiger partial charge in [0, 0.05) is 0 Å². The zero-order chi connectivity index (χ0) is 12.8. The highest BCUT2D eigenvalue weighted by Crippen LogP contribution is 2.29. The van der Waals surface area contributed by atoms with E-state index in [1.54, 1.807) is 0 Å². The van der Waals surface area contributed by atoms with Crippen LogP contribution in [0, 0.1) is 0 Å². The van der Waals surface area contributed by atoms with Crippen LogP contribution in [0.3, 0.4) is 0 Å². The zero-order valence-electron chi connectivity index (χ0n) is 7.93. The second kappa shape index (κ2) is 3.71. The lowest BCUT2D eigenvalue weighted by Crippen LogP contribution is -2.00. The third-order valence-electron chi connectivity index (χ3n) is 1.86. The summed E-state index contributed by atoms with van der Waals surface area (Å²) in [5, 5.41) is 0. The standard InChI is InChI=1S/C7H5NO6S3/c9-16(10,11)5-3-1-2-4-6(5)8-7(15-4)17(12,13)14/h1-3H,(H,9,10,11)(H,12,13,14).